The Bertz CT molecular complexity index is 584. The summed E-state index contributed by atoms with van der Waals surface area (Å²) in [5.41, 5.74) is 0. The molecule has 0 aliphatic heterocycles. The summed E-state index contributed by atoms with van der Waals surface area (Å²) in [5.74, 6) is 0.900. The van der Waals surface area contributed by atoms with Gasteiger partial charge in [0.2, 0.25) is 0 Å². The van der Waals surface area contributed by atoms with Crippen LogP contribution in [0.1, 0.15) is 0 Å². The molecule has 1 unspecified atom stereocenters. The number of carbonyl (C=O) groups excluding carboxylic acids is 1. The van der Waals surface area contributed by atoms with Crippen molar-refractivity contribution in [1.29, 1.82) is 0 Å². The van der Waals surface area contributed by atoms with E-state index in [0.29, 0.717) is 12.1 Å². The third-order valence-corrected chi connectivity index (χ3v) is 3.93. The van der Waals surface area contributed by atoms with E-state index in [0.717, 1.165) is 6.07 Å². The van der Waals surface area contributed by atoms with Crippen LogP contribution in [0.3, 0.4) is 0 Å². The molecule has 0 saturated carbocycles. The van der Waals surface area contributed by atoms with E-state index in [-0.39, 0.29) is 0 Å². The van der Waals surface area contributed by atoms with Gasteiger partial charge in [-0.25, -0.2) is 21.9 Å². The van der Waals surface area contributed by atoms with Crippen molar-refractivity contribution in [3.05, 3.63) is 29.8 Å². The normalized spacial score (nSPS) is 13.1. The van der Waals surface area contributed by atoms with Gasteiger partial charge in [-0.15, -0.1) is 10.5 Å². The van der Waals surface area contributed by atoms with Crippen molar-refractivity contribution in [3.8, 4) is 0 Å². The molecule has 0 aliphatic carbocycles. The molecule has 17 heavy (non-hydrogen) atoms. The molecule has 0 aromatic heterocycles. The average Bonchev–Trinajstić information content (AvgIpc) is 2.21. The first-order chi connectivity index (χ1) is 7.74. The Balaban J connectivity index is 3.10. The fourth-order valence-corrected chi connectivity index (χ4v) is 2.63. The second kappa shape index (κ2) is 4.92. The fraction of sp³-hybridized carbons (Fsp3) is 0.111. The number of hydrogen-bond acceptors (Lipinski definition) is 3. The maximum absolute atomic E-state index is 12.8. The van der Waals surface area contributed by atoms with E-state index in [1.165, 1.54) is 6.26 Å². The Morgan fingerprint density at radius 1 is 1.35 bits per heavy atom. The van der Waals surface area contributed by atoms with Crippen molar-refractivity contribution in [2.45, 2.75) is 4.90 Å². The van der Waals surface area contributed by atoms with Crippen LogP contribution < -0.4 is 4.72 Å². The highest BCUT2D eigenvalue weighted by molar-refractivity contribution is 8.26. The van der Waals surface area contributed by atoms with Gasteiger partial charge in [0.1, 0.15) is 0 Å². The molecule has 0 aliphatic rings. The number of nitrogens with one attached hydrogen (secondary N) is 1. The van der Waals surface area contributed by atoms with Crippen molar-refractivity contribution < 1.29 is 22.0 Å². The lowest BCUT2D eigenvalue weighted by molar-refractivity contribution is 0.264. The predicted octanol–water partition coefficient (Wildman–Crippen LogP) is 1.69. The number of hydrogen-bond donors (Lipinski definition) is 1. The summed E-state index contributed by atoms with van der Waals surface area (Å²) in [4.78, 5) is 10.7. The molecular weight excluding hydrogens is 272 g/mol. The van der Waals surface area contributed by atoms with Crippen molar-refractivity contribution in [2.24, 2.45) is 0 Å². The molecule has 0 heterocycles. The van der Waals surface area contributed by atoms with Crippen LogP contribution in [0.5, 0.6) is 0 Å². The topological polar surface area (TPSA) is 63.2 Å². The van der Waals surface area contributed by atoms with Crippen molar-refractivity contribution >= 4 is 31.6 Å². The fourth-order valence-electron chi connectivity index (χ4n) is 0.884. The van der Waals surface area contributed by atoms with Gasteiger partial charge in [-0.2, -0.15) is 0 Å². The maximum Gasteiger partial charge on any atom is 0.286 e. The summed E-state index contributed by atoms with van der Waals surface area (Å²) >= 11 is 0. The van der Waals surface area contributed by atoms with Crippen LogP contribution in [-0.4, -0.2) is 25.8 Å². The average molecular weight is 281 g/mol. The van der Waals surface area contributed by atoms with Gasteiger partial charge in [-0.3, -0.25) is 4.79 Å². The van der Waals surface area contributed by atoms with Crippen LogP contribution in [0.25, 0.3) is 0 Å². The summed E-state index contributed by atoms with van der Waals surface area (Å²) in [7, 11) is -5.22. The second-order valence-electron chi connectivity index (χ2n) is 3.11. The highest BCUT2D eigenvalue weighted by Crippen LogP contribution is 2.15. The first-order valence-corrected chi connectivity index (χ1v) is 7.50. The molecular formula is C9H9F2NO3S2. The van der Waals surface area contributed by atoms with Gasteiger partial charge >= 0.3 is 0 Å². The second-order valence-corrected chi connectivity index (χ2v) is 6.43. The Morgan fingerprint density at radius 2 is 1.94 bits per heavy atom. The zero-order valence-corrected chi connectivity index (χ0v) is 10.4. The van der Waals surface area contributed by atoms with E-state index in [9.17, 15) is 22.0 Å². The minimum absolute atomic E-state index is 0.502. The summed E-state index contributed by atoms with van der Waals surface area (Å²) < 4.78 is 50.3. The van der Waals surface area contributed by atoms with Crippen molar-refractivity contribution in [3.63, 3.8) is 0 Å². The smallest absolute Gasteiger partial charge is 0.261 e. The molecule has 8 heteroatoms. The first kappa shape index (κ1) is 13.8. The van der Waals surface area contributed by atoms with Gasteiger partial charge in [-0.1, -0.05) is 5.87 Å². The first-order valence-electron chi connectivity index (χ1n) is 4.21. The SMILES string of the molecule is C=S(C)C(=O)NS(=O)(=O)c1ccc(F)c(F)c1. The Hall–Kier alpha value is -1.28. The van der Waals surface area contributed by atoms with E-state index in [2.05, 4.69) is 5.87 Å². The van der Waals surface area contributed by atoms with Crippen molar-refractivity contribution in [2.75, 3.05) is 6.26 Å². The van der Waals surface area contributed by atoms with Gasteiger partial charge in [0.05, 0.1) is 4.90 Å². The van der Waals surface area contributed by atoms with E-state index < -0.39 is 42.3 Å². The van der Waals surface area contributed by atoms with Gasteiger partial charge in [0.25, 0.3) is 15.3 Å². The van der Waals surface area contributed by atoms with Crippen LogP contribution >= 0.6 is 10.5 Å². The number of rotatable bonds is 2. The highest BCUT2D eigenvalue weighted by Gasteiger charge is 2.19. The molecule has 1 rings (SSSR count). The van der Waals surface area contributed by atoms with Crippen LogP contribution in [0.2, 0.25) is 0 Å². The van der Waals surface area contributed by atoms with Crippen LogP contribution in [0.4, 0.5) is 13.6 Å². The Kier molecular flexibility index (Phi) is 3.99. The number of amides is 1. The number of carbonyl (C=O) groups is 1. The van der Waals surface area contributed by atoms with Crippen molar-refractivity contribution in [1.82, 2.24) is 4.72 Å². The van der Waals surface area contributed by atoms with E-state index >= 15 is 0 Å². The van der Waals surface area contributed by atoms with Gasteiger partial charge < -0.3 is 0 Å². The largest absolute Gasteiger partial charge is 0.286 e. The molecule has 0 bridgehead atoms. The minimum atomic E-state index is -4.18. The number of halogens is 2. The Morgan fingerprint density at radius 3 is 2.41 bits per heavy atom. The quantitative estimate of drug-likeness (QED) is 0.839. The Labute approximate surface area is 99.6 Å². The predicted molar refractivity (Wildman–Crippen MR) is 62.7 cm³/mol. The molecule has 1 aromatic carbocycles. The molecule has 0 spiro atoms. The molecule has 1 atom stereocenters. The zero-order chi connectivity index (χ0) is 13.2. The lowest BCUT2D eigenvalue weighted by Gasteiger charge is -2.06. The van der Waals surface area contributed by atoms with E-state index in [1.807, 2.05) is 0 Å². The monoisotopic (exact) mass is 281 g/mol. The zero-order valence-electron chi connectivity index (χ0n) is 8.74. The summed E-state index contributed by atoms with van der Waals surface area (Å²) in [5, 5.41) is -0.797. The number of sulfonamides is 1. The molecule has 4 nitrogen and oxygen atoms in total. The highest BCUT2D eigenvalue weighted by atomic mass is 32.2. The van der Waals surface area contributed by atoms with Gasteiger partial charge in [0.15, 0.2) is 11.6 Å². The molecule has 0 fully saturated rings. The van der Waals surface area contributed by atoms with Gasteiger partial charge in [-0.05, 0) is 24.5 Å². The lowest BCUT2D eigenvalue weighted by atomic mass is 10.3. The van der Waals surface area contributed by atoms with E-state index in [1.54, 1.807) is 4.72 Å². The van der Waals surface area contributed by atoms with Crippen LogP contribution in [0.15, 0.2) is 23.1 Å². The summed E-state index contributed by atoms with van der Waals surface area (Å²) in [6.07, 6.45) is 1.43. The molecule has 1 aromatic rings. The molecule has 1 amide bonds. The standard InChI is InChI=1S/C9H9F2NO3S2/c1-16(2)9(13)12-17(14,15)6-3-4-7(10)8(11)5-6/h3-5H,1H2,2H3,(H,12,13). The minimum Gasteiger partial charge on any atom is -0.261 e. The molecule has 0 saturated heterocycles. The summed E-state index contributed by atoms with van der Waals surface area (Å²) in [6.45, 7) is 0. The van der Waals surface area contributed by atoms with E-state index in [4.69, 9.17) is 0 Å². The third-order valence-electron chi connectivity index (χ3n) is 1.74. The molecule has 94 valence electrons. The maximum atomic E-state index is 12.8. The lowest BCUT2D eigenvalue weighted by Crippen LogP contribution is -2.28. The van der Waals surface area contributed by atoms with Crippen LogP contribution in [-0.2, 0) is 10.0 Å². The molecule has 1 N–H and O–H groups in total. The summed E-state index contributed by atoms with van der Waals surface area (Å²) in [6, 6.07) is 2.04. The van der Waals surface area contributed by atoms with Gasteiger partial charge in [0, 0.05) is 0 Å². The molecule has 0 radical (unpaired) electrons. The van der Waals surface area contributed by atoms with Crippen LogP contribution in [0, 0.1) is 11.6 Å². The third kappa shape index (κ3) is 3.34. The number of benzene rings is 1.